The zero-order valence-corrected chi connectivity index (χ0v) is 8.97. The predicted octanol–water partition coefficient (Wildman–Crippen LogP) is 0.629. The van der Waals surface area contributed by atoms with Crippen LogP contribution in [0.25, 0.3) is 0 Å². The monoisotopic (exact) mass is 221 g/mol. The second kappa shape index (κ2) is 6.20. The molecule has 16 heavy (non-hydrogen) atoms. The third-order valence-corrected chi connectivity index (χ3v) is 1.88. The van der Waals surface area contributed by atoms with E-state index in [-0.39, 0.29) is 12.0 Å². The van der Waals surface area contributed by atoms with Gasteiger partial charge in [0.15, 0.2) is 0 Å². The number of nitrogens with zero attached hydrogens (tertiary/aromatic N) is 3. The smallest absolute Gasteiger partial charge is 0.326 e. The van der Waals surface area contributed by atoms with E-state index in [4.69, 9.17) is 15.6 Å². The van der Waals surface area contributed by atoms with Crippen molar-refractivity contribution >= 4 is 11.9 Å². The summed E-state index contributed by atoms with van der Waals surface area (Å²) in [7, 11) is 0. The van der Waals surface area contributed by atoms with Gasteiger partial charge in [-0.25, -0.2) is 4.79 Å². The molecule has 0 rings (SSSR count). The third kappa shape index (κ3) is 3.43. The number of amides is 1. The molecule has 0 aromatic heterocycles. The van der Waals surface area contributed by atoms with Crippen LogP contribution in [0.3, 0.4) is 0 Å². The molecule has 0 bridgehead atoms. The molecule has 0 radical (unpaired) electrons. The molecule has 0 unspecified atom stereocenters. The third-order valence-electron chi connectivity index (χ3n) is 1.88. The summed E-state index contributed by atoms with van der Waals surface area (Å²) in [5.41, 5.74) is -0.310. The topological polar surface area (TPSA) is 105 Å². The highest BCUT2D eigenvalue weighted by Gasteiger charge is 2.24. The van der Waals surface area contributed by atoms with Crippen LogP contribution in [0.15, 0.2) is 11.8 Å². The highest BCUT2D eigenvalue weighted by molar-refractivity contribution is 5.83. The molecule has 84 valence electrons. The highest BCUT2D eigenvalue weighted by Crippen LogP contribution is 2.08. The van der Waals surface area contributed by atoms with E-state index in [0.717, 1.165) is 11.1 Å². The van der Waals surface area contributed by atoms with Crippen LogP contribution in [-0.2, 0) is 9.59 Å². The molecular weight excluding hydrogens is 210 g/mol. The van der Waals surface area contributed by atoms with Crippen molar-refractivity contribution in [2.24, 2.45) is 0 Å². The SMILES string of the molecule is CC[C@H](C(=O)O)N(C=C(C#N)C#N)C(C)=O. The number of nitriles is 2. The van der Waals surface area contributed by atoms with Gasteiger partial charge in [-0.3, -0.25) is 4.79 Å². The van der Waals surface area contributed by atoms with Crippen LogP contribution in [0, 0.1) is 22.7 Å². The summed E-state index contributed by atoms with van der Waals surface area (Å²) in [5.74, 6) is -1.71. The predicted molar refractivity (Wildman–Crippen MR) is 53.5 cm³/mol. The second-order valence-electron chi connectivity index (χ2n) is 2.95. The molecule has 0 aliphatic rings. The second-order valence-corrected chi connectivity index (χ2v) is 2.95. The lowest BCUT2D eigenvalue weighted by Gasteiger charge is -2.22. The van der Waals surface area contributed by atoms with Crippen LogP contribution in [-0.4, -0.2) is 27.9 Å². The summed E-state index contributed by atoms with van der Waals surface area (Å²) < 4.78 is 0. The van der Waals surface area contributed by atoms with Crippen molar-refractivity contribution in [3.8, 4) is 12.1 Å². The Morgan fingerprint density at radius 1 is 1.44 bits per heavy atom. The van der Waals surface area contributed by atoms with Gasteiger partial charge in [0.2, 0.25) is 5.91 Å². The van der Waals surface area contributed by atoms with Gasteiger partial charge in [0.25, 0.3) is 0 Å². The highest BCUT2D eigenvalue weighted by atomic mass is 16.4. The van der Waals surface area contributed by atoms with Gasteiger partial charge in [0.1, 0.15) is 23.8 Å². The zero-order chi connectivity index (χ0) is 12.7. The number of carbonyl (C=O) groups excluding carboxylic acids is 1. The van der Waals surface area contributed by atoms with Gasteiger partial charge in [-0.2, -0.15) is 10.5 Å². The summed E-state index contributed by atoms with van der Waals surface area (Å²) in [4.78, 5) is 22.9. The van der Waals surface area contributed by atoms with E-state index in [2.05, 4.69) is 0 Å². The number of carboxylic acids is 1. The van der Waals surface area contributed by atoms with E-state index < -0.39 is 17.9 Å². The van der Waals surface area contributed by atoms with Crippen molar-refractivity contribution in [3.63, 3.8) is 0 Å². The van der Waals surface area contributed by atoms with E-state index >= 15 is 0 Å². The number of rotatable bonds is 4. The Labute approximate surface area is 93.0 Å². The molecule has 0 aliphatic heterocycles. The molecule has 0 fully saturated rings. The van der Waals surface area contributed by atoms with Crippen molar-refractivity contribution in [3.05, 3.63) is 11.8 Å². The molecule has 0 spiro atoms. The van der Waals surface area contributed by atoms with Gasteiger partial charge in [-0.05, 0) is 6.42 Å². The lowest BCUT2D eigenvalue weighted by atomic mass is 10.2. The quantitative estimate of drug-likeness (QED) is 0.701. The Morgan fingerprint density at radius 3 is 2.19 bits per heavy atom. The molecule has 0 aromatic rings. The standard InChI is InChI=1S/C10H11N3O3/c1-3-9(10(15)16)13(7(2)14)6-8(4-11)5-12/h6,9H,3H2,1-2H3,(H,15,16)/t9-/m1/s1. The van der Waals surface area contributed by atoms with E-state index in [1.165, 1.54) is 6.92 Å². The first-order chi connectivity index (χ1) is 7.47. The first-order valence-corrected chi connectivity index (χ1v) is 4.51. The fourth-order valence-electron chi connectivity index (χ4n) is 1.11. The fourth-order valence-corrected chi connectivity index (χ4v) is 1.11. The van der Waals surface area contributed by atoms with E-state index in [9.17, 15) is 9.59 Å². The molecule has 0 heterocycles. The molecule has 1 atom stereocenters. The van der Waals surface area contributed by atoms with E-state index in [1.807, 2.05) is 0 Å². The molecule has 0 aliphatic carbocycles. The Bertz CT molecular complexity index is 385. The summed E-state index contributed by atoms with van der Waals surface area (Å²) in [6.07, 6.45) is 1.15. The minimum absolute atomic E-state index is 0.190. The van der Waals surface area contributed by atoms with Crippen LogP contribution in [0.2, 0.25) is 0 Å². The van der Waals surface area contributed by atoms with Crippen molar-refractivity contribution in [1.82, 2.24) is 4.90 Å². The Balaban J connectivity index is 5.27. The molecule has 1 N–H and O–H groups in total. The maximum Gasteiger partial charge on any atom is 0.326 e. The molecule has 0 aromatic carbocycles. The van der Waals surface area contributed by atoms with Crippen molar-refractivity contribution in [2.45, 2.75) is 26.3 Å². The zero-order valence-electron chi connectivity index (χ0n) is 8.97. The number of hydrogen-bond donors (Lipinski definition) is 1. The maximum atomic E-state index is 11.2. The summed E-state index contributed by atoms with van der Waals surface area (Å²) in [6.45, 7) is 2.77. The van der Waals surface area contributed by atoms with Gasteiger partial charge in [0.05, 0.1) is 0 Å². The Kier molecular flexibility index (Phi) is 5.29. The summed E-state index contributed by atoms with van der Waals surface area (Å²) in [6, 6.07) is 2.08. The normalized spacial score (nSPS) is 10.5. The largest absolute Gasteiger partial charge is 0.480 e. The maximum absolute atomic E-state index is 11.2. The lowest BCUT2D eigenvalue weighted by molar-refractivity contribution is -0.147. The van der Waals surface area contributed by atoms with Gasteiger partial charge in [0, 0.05) is 13.1 Å². The molecular formula is C10H11N3O3. The van der Waals surface area contributed by atoms with Crippen molar-refractivity contribution in [1.29, 1.82) is 10.5 Å². The first kappa shape index (κ1) is 13.7. The number of allylic oxidation sites excluding steroid dienone is 1. The average molecular weight is 221 g/mol. The number of carbonyl (C=O) groups is 2. The average Bonchev–Trinajstić information content (AvgIpc) is 2.23. The first-order valence-electron chi connectivity index (χ1n) is 4.51. The minimum atomic E-state index is -1.18. The Morgan fingerprint density at radius 2 is 1.94 bits per heavy atom. The summed E-state index contributed by atoms with van der Waals surface area (Å²) >= 11 is 0. The fraction of sp³-hybridized carbons (Fsp3) is 0.400. The number of aliphatic carboxylic acids is 1. The van der Waals surface area contributed by atoms with Gasteiger partial charge in [-0.15, -0.1) is 0 Å². The molecule has 1 amide bonds. The molecule has 0 saturated heterocycles. The number of hydrogen-bond acceptors (Lipinski definition) is 4. The van der Waals surface area contributed by atoms with Crippen LogP contribution < -0.4 is 0 Å². The van der Waals surface area contributed by atoms with E-state index in [0.29, 0.717) is 0 Å². The van der Waals surface area contributed by atoms with Crippen LogP contribution in [0.5, 0.6) is 0 Å². The van der Waals surface area contributed by atoms with Gasteiger partial charge < -0.3 is 10.0 Å². The van der Waals surface area contributed by atoms with Crippen molar-refractivity contribution < 1.29 is 14.7 Å². The van der Waals surface area contributed by atoms with Crippen LogP contribution in [0.4, 0.5) is 0 Å². The summed E-state index contributed by atoms with van der Waals surface area (Å²) in [5, 5.41) is 25.9. The van der Waals surface area contributed by atoms with Crippen molar-refractivity contribution in [2.75, 3.05) is 0 Å². The Hall–Kier alpha value is -2.34. The van der Waals surface area contributed by atoms with Crippen LogP contribution in [0.1, 0.15) is 20.3 Å². The van der Waals surface area contributed by atoms with Gasteiger partial charge >= 0.3 is 5.97 Å². The molecule has 0 saturated carbocycles. The minimum Gasteiger partial charge on any atom is -0.480 e. The lowest BCUT2D eigenvalue weighted by Crippen LogP contribution is -2.40. The molecule has 6 nitrogen and oxygen atoms in total. The van der Waals surface area contributed by atoms with Gasteiger partial charge in [-0.1, -0.05) is 6.92 Å². The van der Waals surface area contributed by atoms with E-state index in [1.54, 1.807) is 19.1 Å². The number of carboxylic acid groups (broad SMARTS) is 1. The molecule has 6 heteroatoms. The van der Waals surface area contributed by atoms with Crippen LogP contribution >= 0.6 is 0 Å².